The number of fused-ring (bicyclic) bond motifs is 1. The third kappa shape index (κ3) is 2.92. The van der Waals surface area contributed by atoms with Crippen LogP contribution in [0.2, 0.25) is 5.02 Å². The summed E-state index contributed by atoms with van der Waals surface area (Å²) in [5.41, 5.74) is -0.236. The largest absolute Gasteiger partial charge is 0.481 e. The van der Waals surface area contributed by atoms with Crippen molar-refractivity contribution in [2.24, 2.45) is 17.3 Å². The number of carbonyl (C=O) groups is 1. The van der Waals surface area contributed by atoms with Gasteiger partial charge in [-0.2, -0.15) is 5.10 Å². The molecule has 0 amide bonds. The lowest BCUT2D eigenvalue weighted by atomic mass is 9.47. The highest BCUT2D eigenvalue weighted by Gasteiger charge is 2.62. The Morgan fingerprint density at radius 3 is 2.72 bits per heavy atom. The molecule has 4 atom stereocenters. The van der Waals surface area contributed by atoms with Crippen LogP contribution in [0.25, 0.3) is 0 Å². The third-order valence-corrected chi connectivity index (χ3v) is 8.14. The van der Waals surface area contributed by atoms with Crippen LogP contribution in [0, 0.1) is 17.3 Å². The Kier molecular flexibility index (Phi) is 4.28. The molecule has 4 fully saturated rings. The Balaban J connectivity index is 1.28. The first-order chi connectivity index (χ1) is 15.4. The number of hydrogen-bond acceptors (Lipinski definition) is 6. The number of carboxylic acid groups (broad SMARTS) is 1. The molecular weight excluding hydrogens is 434 g/mol. The van der Waals surface area contributed by atoms with E-state index in [1.807, 2.05) is 18.2 Å². The number of aliphatic carboxylic acids is 1. The quantitative estimate of drug-likeness (QED) is 0.706. The zero-order valence-electron chi connectivity index (χ0n) is 17.5. The molecule has 168 valence electrons. The summed E-state index contributed by atoms with van der Waals surface area (Å²) in [4.78, 5) is 25.5. The first-order valence-electron chi connectivity index (χ1n) is 11.0. The molecular formula is C23H24ClN3O5. The number of halogens is 1. The highest BCUT2D eigenvalue weighted by atomic mass is 35.5. The lowest BCUT2D eigenvalue weighted by molar-refractivity contribution is -0.173. The third-order valence-electron chi connectivity index (χ3n) is 7.77. The van der Waals surface area contributed by atoms with Gasteiger partial charge in [0.2, 0.25) is 6.79 Å². The van der Waals surface area contributed by atoms with Crippen molar-refractivity contribution in [1.29, 1.82) is 0 Å². The van der Waals surface area contributed by atoms with Gasteiger partial charge in [-0.15, -0.1) is 0 Å². The van der Waals surface area contributed by atoms with Crippen LogP contribution >= 0.6 is 11.6 Å². The van der Waals surface area contributed by atoms with E-state index in [4.69, 9.17) is 21.1 Å². The number of nitrogens with one attached hydrogen (secondary N) is 1. The molecule has 4 bridgehead atoms. The summed E-state index contributed by atoms with van der Waals surface area (Å²) >= 11 is 6.50. The molecule has 0 radical (unpaired) electrons. The van der Waals surface area contributed by atoms with E-state index in [1.54, 1.807) is 6.20 Å². The van der Waals surface area contributed by atoms with Gasteiger partial charge in [0.25, 0.3) is 5.56 Å². The summed E-state index contributed by atoms with van der Waals surface area (Å²) < 4.78 is 12.2. The lowest BCUT2D eigenvalue weighted by Crippen LogP contribution is -2.61. The molecule has 1 aliphatic heterocycles. The Labute approximate surface area is 189 Å². The number of benzene rings is 1. The number of hydrogen-bond donors (Lipinski definition) is 2. The number of ether oxygens (including phenoxy) is 2. The summed E-state index contributed by atoms with van der Waals surface area (Å²) in [7, 11) is 0. The van der Waals surface area contributed by atoms with Gasteiger partial charge in [-0.1, -0.05) is 17.7 Å². The molecule has 4 aliphatic carbocycles. The second-order valence-corrected chi connectivity index (χ2v) is 10.3. The van der Waals surface area contributed by atoms with Gasteiger partial charge in [-0.3, -0.25) is 9.59 Å². The zero-order chi connectivity index (χ0) is 22.1. The van der Waals surface area contributed by atoms with E-state index in [1.165, 1.54) is 4.68 Å². The normalized spacial score (nSPS) is 31.7. The van der Waals surface area contributed by atoms with Gasteiger partial charge in [0, 0.05) is 6.54 Å². The second-order valence-electron chi connectivity index (χ2n) is 9.90. The molecule has 2 heterocycles. The smallest absolute Gasteiger partial charge is 0.309 e. The minimum Gasteiger partial charge on any atom is -0.481 e. The van der Waals surface area contributed by atoms with Crippen molar-refractivity contribution in [1.82, 2.24) is 9.78 Å². The summed E-state index contributed by atoms with van der Waals surface area (Å²) in [6.07, 6.45) is 6.10. The van der Waals surface area contributed by atoms with Crippen molar-refractivity contribution < 1.29 is 19.4 Å². The number of rotatable bonds is 5. The van der Waals surface area contributed by atoms with E-state index in [2.05, 4.69) is 10.4 Å². The van der Waals surface area contributed by atoms with Crippen LogP contribution in [-0.4, -0.2) is 27.6 Å². The van der Waals surface area contributed by atoms with Crippen LogP contribution < -0.4 is 20.3 Å². The van der Waals surface area contributed by atoms with Crippen LogP contribution in [-0.2, 0) is 16.9 Å². The number of nitrogens with zero attached hydrogens (tertiary/aromatic N) is 2. The van der Waals surface area contributed by atoms with Crippen molar-refractivity contribution in [3.8, 4) is 11.5 Å². The molecule has 0 saturated heterocycles. The minimum atomic E-state index is -0.742. The van der Waals surface area contributed by atoms with Crippen molar-refractivity contribution >= 4 is 23.3 Å². The molecule has 9 heteroatoms. The van der Waals surface area contributed by atoms with Crippen molar-refractivity contribution in [2.45, 2.75) is 50.6 Å². The average Bonchev–Trinajstić information content (AvgIpc) is 3.21. The summed E-state index contributed by atoms with van der Waals surface area (Å²) in [6.45, 7) is 0.658. The van der Waals surface area contributed by atoms with Gasteiger partial charge in [-0.05, 0) is 68.1 Å². The molecule has 32 heavy (non-hydrogen) atoms. The Hall–Kier alpha value is -2.74. The van der Waals surface area contributed by atoms with E-state index in [9.17, 15) is 14.7 Å². The van der Waals surface area contributed by atoms with Crippen LogP contribution in [0.1, 0.15) is 44.1 Å². The molecule has 1 aromatic heterocycles. The van der Waals surface area contributed by atoms with Crippen LogP contribution in [0.5, 0.6) is 11.5 Å². The maximum atomic E-state index is 13.3. The lowest BCUT2D eigenvalue weighted by Gasteiger charge is -2.60. The summed E-state index contributed by atoms with van der Waals surface area (Å²) in [6, 6.07) is 5.66. The van der Waals surface area contributed by atoms with Crippen LogP contribution in [0.4, 0.5) is 5.69 Å². The summed E-state index contributed by atoms with van der Waals surface area (Å²) in [5, 5.41) is 17.8. The maximum absolute atomic E-state index is 13.3. The molecule has 2 unspecified atom stereocenters. The van der Waals surface area contributed by atoms with Crippen LogP contribution in [0.15, 0.2) is 29.2 Å². The Morgan fingerprint density at radius 2 is 1.97 bits per heavy atom. The topological polar surface area (TPSA) is 103 Å². The number of anilines is 1. The SMILES string of the molecule is O=C(O)C12C[C@H]3C[C@@H](C1)CC(n1ncc(NCc4ccc5c(c4)OCO5)c(Cl)c1=O)(C3)C2. The molecule has 0 spiro atoms. The van der Waals surface area contributed by atoms with Gasteiger partial charge in [-0.25, -0.2) is 4.68 Å². The van der Waals surface area contributed by atoms with Gasteiger partial charge >= 0.3 is 5.97 Å². The van der Waals surface area contributed by atoms with E-state index < -0.39 is 16.9 Å². The monoisotopic (exact) mass is 457 g/mol. The zero-order valence-corrected chi connectivity index (χ0v) is 18.2. The van der Waals surface area contributed by atoms with Crippen molar-refractivity contribution in [3.63, 3.8) is 0 Å². The summed E-state index contributed by atoms with van der Waals surface area (Å²) in [5.74, 6) is 1.31. The first kappa shape index (κ1) is 19.9. The Bertz CT molecular complexity index is 1160. The van der Waals surface area contributed by atoms with E-state index in [0.717, 1.165) is 24.8 Å². The molecule has 7 rings (SSSR count). The minimum absolute atomic E-state index is 0.0841. The highest BCUT2D eigenvalue weighted by molar-refractivity contribution is 6.32. The van der Waals surface area contributed by atoms with Crippen molar-refractivity contribution in [3.05, 3.63) is 45.3 Å². The molecule has 2 aromatic rings. The first-order valence-corrected chi connectivity index (χ1v) is 11.4. The fraction of sp³-hybridized carbons (Fsp3) is 0.522. The van der Waals surface area contributed by atoms with Crippen LogP contribution in [0.3, 0.4) is 0 Å². The second kappa shape index (κ2) is 6.88. The Morgan fingerprint density at radius 1 is 1.22 bits per heavy atom. The molecule has 5 aliphatic rings. The van der Waals surface area contributed by atoms with E-state index in [-0.39, 0.29) is 17.4 Å². The standard InChI is InChI=1S/C23H24ClN3O5/c24-19-16(25-9-13-1-2-17-18(4-13)32-12-31-17)10-26-27(20(19)28)23-7-14-3-15(8-23)6-22(5-14,11-23)21(29)30/h1-2,4,10,14-15,25H,3,5-9,11-12H2,(H,29,30)/t14-,15+,22?,23?. The average molecular weight is 458 g/mol. The molecule has 2 N–H and O–H groups in total. The predicted molar refractivity (Wildman–Crippen MR) is 116 cm³/mol. The fourth-order valence-corrected chi connectivity index (χ4v) is 7.05. The number of aromatic nitrogens is 2. The van der Waals surface area contributed by atoms with E-state index in [0.29, 0.717) is 54.8 Å². The van der Waals surface area contributed by atoms with Gasteiger partial charge in [0.1, 0.15) is 5.02 Å². The fourth-order valence-electron chi connectivity index (χ4n) is 6.85. The van der Waals surface area contributed by atoms with Crippen molar-refractivity contribution in [2.75, 3.05) is 12.1 Å². The van der Waals surface area contributed by atoms with Gasteiger partial charge in [0.05, 0.1) is 22.8 Å². The van der Waals surface area contributed by atoms with Gasteiger partial charge in [0.15, 0.2) is 11.5 Å². The molecule has 8 nitrogen and oxygen atoms in total. The molecule has 1 aromatic carbocycles. The highest BCUT2D eigenvalue weighted by Crippen LogP contribution is 2.63. The number of carboxylic acids is 1. The maximum Gasteiger partial charge on any atom is 0.309 e. The predicted octanol–water partition coefficient (Wildman–Crippen LogP) is 3.62. The molecule has 4 saturated carbocycles. The van der Waals surface area contributed by atoms with Gasteiger partial charge < -0.3 is 19.9 Å². The van der Waals surface area contributed by atoms with E-state index >= 15 is 0 Å².